The van der Waals surface area contributed by atoms with E-state index in [1.54, 1.807) is 0 Å². The Balaban J connectivity index is 1.78. The topological polar surface area (TPSA) is 82.1 Å². The van der Waals surface area contributed by atoms with Gasteiger partial charge < -0.3 is 20.1 Å². The van der Waals surface area contributed by atoms with Crippen molar-refractivity contribution in [1.82, 2.24) is 15.1 Å². The average Bonchev–Trinajstić information content (AvgIpc) is 2.94. The van der Waals surface area contributed by atoms with Crippen molar-refractivity contribution < 1.29 is 19.4 Å². The first-order valence-corrected chi connectivity index (χ1v) is 7.96. The Labute approximate surface area is 122 Å². The van der Waals surface area contributed by atoms with E-state index in [9.17, 15) is 9.59 Å². The lowest BCUT2D eigenvalue weighted by Gasteiger charge is -2.32. The molecule has 2 rings (SSSR count). The van der Waals surface area contributed by atoms with E-state index >= 15 is 0 Å². The van der Waals surface area contributed by atoms with Gasteiger partial charge in [-0.25, -0.2) is 9.59 Å². The van der Waals surface area contributed by atoms with Gasteiger partial charge in [-0.2, -0.15) is 0 Å². The first-order valence-electron chi connectivity index (χ1n) is 6.80. The minimum absolute atomic E-state index is 0.0221. The van der Waals surface area contributed by atoms with Crippen molar-refractivity contribution in [2.45, 2.75) is 19.1 Å². The third-order valence-corrected chi connectivity index (χ3v) is 4.59. The van der Waals surface area contributed by atoms with Crippen LogP contribution in [0.4, 0.5) is 4.79 Å². The highest BCUT2D eigenvalue weighted by atomic mass is 32.2. The highest BCUT2D eigenvalue weighted by Gasteiger charge is 2.34. The Bertz CT molecular complexity index is 369. The van der Waals surface area contributed by atoms with Crippen molar-refractivity contribution in [2.24, 2.45) is 0 Å². The molecule has 2 saturated heterocycles. The number of carboxylic acid groups (broad SMARTS) is 1. The van der Waals surface area contributed by atoms with Crippen LogP contribution in [0.25, 0.3) is 0 Å². The standard InChI is InChI=1S/C12H21N3O4S/c1-2-14-3-4-19-9(6-14)5-13-12(18)15-8-20-7-10(15)11(16)17/h9-10H,2-8H2,1H3,(H,13,18)(H,16,17)/t9?,10-/m0/s1. The number of likely N-dealkylation sites (N-methyl/N-ethyl adjacent to an activating group) is 1. The van der Waals surface area contributed by atoms with E-state index in [0.29, 0.717) is 24.8 Å². The SMILES string of the molecule is CCN1CCOC(CNC(=O)N2CSC[C@H]2C(=O)O)C1. The number of amides is 2. The molecule has 2 aliphatic rings. The second-order valence-corrected chi connectivity index (χ2v) is 5.90. The quantitative estimate of drug-likeness (QED) is 0.753. The molecule has 0 aromatic rings. The minimum atomic E-state index is -0.948. The molecule has 2 N–H and O–H groups in total. The molecule has 0 aliphatic carbocycles. The van der Waals surface area contributed by atoms with Crippen molar-refractivity contribution in [3.05, 3.63) is 0 Å². The third kappa shape index (κ3) is 3.77. The highest BCUT2D eigenvalue weighted by Crippen LogP contribution is 2.20. The van der Waals surface area contributed by atoms with Crippen molar-refractivity contribution in [3.8, 4) is 0 Å². The summed E-state index contributed by atoms with van der Waals surface area (Å²) in [6, 6.07) is -1.04. The van der Waals surface area contributed by atoms with Gasteiger partial charge in [0.05, 0.1) is 18.6 Å². The van der Waals surface area contributed by atoms with Gasteiger partial charge in [0.15, 0.2) is 0 Å². The number of hydrogen-bond donors (Lipinski definition) is 2. The number of carboxylic acids is 1. The van der Waals surface area contributed by atoms with Gasteiger partial charge in [-0.3, -0.25) is 4.90 Å². The van der Waals surface area contributed by atoms with Crippen molar-refractivity contribution in [1.29, 1.82) is 0 Å². The molecule has 0 radical (unpaired) electrons. The molecule has 0 aromatic heterocycles. The number of ether oxygens (including phenoxy) is 1. The van der Waals surface area contributed by atoms with Crippen LogP contribution in [0.15, 0.2) is 0 Å². The van der Waals surface area contributed by atoms with Crippen LogP contribution in [0, 0.1) is 0 Å². The number of carbonyl (C=O) groups excluding carboxylic acids is 1. The largest absolute Gasteiger partial charge is 0.480 e. The van der Waals surface area contributed by atoms with Crippen LogP contribution in [-0.4, -0.2) is 83.5 Å². The van der Waals surface area contributed by atoms with Crippen LogP contribution in [0.5, 0.6) is 0 Å². The fraction of sp³-hybridized carbons (Fsp3) is 0.833. The van der Waals surface area contributed by atoms with Gasteiger partial charge in [-0.05, 0) is 6.54 Å². The molecule has 0 bridgehead atoms. The number of carbonyl (C=O) groups is 2. The molecule has 0 saturated carbocycles. The van der Waals surface area contributed by atoms with Crippen molar-refractivity contribution in [3.63, 3.8) is 0 Å². The summed E-state index contributed by atoms with van der Waals surface area (Å²) in [5, 5.41) is 11.8. The molecule has 20 heavy (non-hydrogen) atoms. The second kappa shape index (κ2) is 7.14. The van der Waals surface area contributed by atoms with E-state index in [1.807, 2.05) is 0 Å². The Morgan fingerprint density at radius 3 is 3.00 bits per heavy atom. The number of morpholine rings is 1. The Hall–Kier alpha value is -0.990. The average molecular weight is 303 g/mol. The molecule has 2 amide bonds. The number of nitrogens with zero attached hydrogens (tertiary/aromatic N) is 2. The Morgan fingerprint density at radius 2 is 2.30 bits per heavy atom. The maximum atomic E-state index is 12.0. The van der Waals surface area contributed by atoms with E-state index in [-0.39, 0.29) is 12.1 Å². The maximum Gasteiger partial charge on any atom is 0.327 e. The van der Waals surface area contributed by atoms with Crippen LogP contribution < -0.4 is 5.32 Å². The van der Waals surface area contributed by atoms with Crippen molar-refractivity contribution in [2.75, 3.05) is 44.4 Å². The van der Waals surface area contributed by atoms with Gasteiger partial charge >= 0.3 is 12.0 Å². The number of rotatable bonds is 4. The lowest BCUT2D eigenvalue weighted by Crippen LogP contribution is -2.51. The molecule has 0 spiro atoms. The molecule has 8 heteroatoms. The summed E-state index contributed by atoms with van der Waals surface area (Å²) in [6.45, 7) is 5.88. The van der Waals surface area contributed by atoms with Gasteiger partial charge in [-0.1, -0.05) is 6.92 Å². The number of aliphatic carboxylic acids is 1. The highest BCUT2D eigenvalue weighted by molar-refractivity contribution is 7.99. The number of thioether (sulfide) groups is 1. The maximum absolute atomic E-state index is 12.0. The van der Waals surface area contributed by atoms with Crippen LogP contribution in [0.3, 0.4) is 0 Å². The van der Waals surface area contributed by atoms with E-state index in [4.69, 9.17) is 9.84 Å². The van der Waals surface area contributed by atoms with Crippen LogP contribution in [0.2, 0.25) is 0 Å². The van der Waals surface area contributed by atoms with Gasteiger partial charge in [0.2, 0.25) is 0 Å². The monoisotopic (exact) mass is 303 g/mol. The van der Waals surface area contributed by atoms with Crippen LogP contribution >= 0.6 is 11.8 Å². The zero-order valence-corrected chi connectivity index (χ0v) is 12.4. The van der Waals surface area contributed by atoms with Crippen LogP contribution in [0.1, 0.15) is 6.92 Å². The van der Waals surface area contributed by atoms with Gasteiger partial charge in [0, 0.05) is 25.4 Å². The van der Waals surface area contributed by atoms with E-state index in [2.05, 4.69) is 17.1 Å². The van der Waals surface area contributed by atoms with E-state index in [0.717, 1.165) is 19.6 Å². The molecule has 0 aromatic carbocycles. The second-order valence-electron chi connectivity index (χ2n) is 4.90. The number of nitrogens with one attached hydrogen (secondary N) is 1. The predicted molar refractivity (Wildman–Crippen MR) is 75.8 cm³/mol. The third-order valence-electron chi connectivity index (χ3n) is 3.58. The molecule has 2 atom stereocenters. The Morgan fingerprint density at radius 1 is 1.50 bits per heavy atom. The molecule has 2 aliphatic heterocycles. The minimum Gasteiger partial charge on any atom is -0.480 e. The number of hydrogen-bond acceptors (Lipinski definition) is 5. The van der Waals surface area contributed by atoms with Gasteiger partial charge in [0.25, 0.3) is 0 Å². The molecule has 114 valence electrons. The smallest absolute Gasteiger partial charge is 0.327 e. The summed E-state index contributed by atoms with van der Waals surface area (Å²) in [6.07, 6.45) is -0.0221. The summed E-state index contributed by atoms with van der Waals surface area (Å²) in [5.41, 5.74) is 0. The Kier molecular flexibility index (Phi) is 5.50. The van der Waals surface area contributed by atoms with Crippen LogP contribution in [-0.2, 0) is 9.53 Å². The van der Waals surface area contributed by atoms with E-state index < -0.39 is 12.0 Å². The number of urea groups is 1. The lowest BCUT2D eigenvalue weighted by atomic mass is 10.2. The first kappa shape index (κ1) is 15.4. The molecule has 2 heterocycles. The zero-order chi connectivity index (χ0) is 14.5. The zero-order valence-electron chi connectivity index (χ0n) is 11.6. The molecule has 2 fully saturated rings. The molecule has 1 unspecified atom stereocenters. The summed E-state index contributed by atoms with van der Waals surface area (Å²) < 4.78 is 5.60. The lowest BCUT2D eigenvalue weighted by molar-refractivity contribution is -0.140. The molecule has 7 nitrogen and oxygen atoms in total. The summed E-state index contributed by atoms with van der Waals surface area (Å²) in [7, 11) is 0. The predicted octanol–water partition coefficient (Wildman–Crippen LogP) is -0.124. The fourth-order valence-electron chi connectivity index (χ4n) is 2.34. The summed E-state index contributed by atoms with van der Waals surface area (Å²) in [5.74, 6) is -0.0713. The van der Waals surface area contributed by atoms with Gasteiger partial charge in [0.1, 0.15) is 6.04 Å². The van der Waals surface area contributed by atoms with E-state index in [1.165, 1.54) is 16.7 Å². The fourth-order valence-corrected chi connectivity index (χ4v) is 3.49. The van der Waals surface area contributed by atoms with Gasteiger partial charge in [-0.15, -0.1) is 11.8 Å². The summed E-state index contributed by atoms with van der Waals surface area (Å²) in [4.78, 5) is 26.7. The normalized spacial score (nSPS) is 27.6. The first-order chi connectivity index (χ1) is 9.61. The summed E-state index contributed by atoms with van der Waals surface area (Å²) >= 11 is 1.46. The molecular weight excluding hydrogens is 282 g/mol. The molecular formula is C12H21N3O4S. The van der Waals surface area contributed by atoms with Crippen molar-refractivity contribution >= 4 is 23.8 Å².